The van der Waals surface area contributed by atoms with Crippen LogP contribution in [-0.2, 0) is 4.79 Å². The van der Waals surface area contributed by atoms with Crippen molar-refractivity contribution in [1.82, 2.24) is 14.9 Å². The van der Waals surface area contributed by atoms with Gasteiger partial charge in [0, 0.05) is 16.5 Å². The summed E-state index contributed by atoms with van der Waals surface area (Å²) in [6.07, 6.45) is 0. The van der Waals surface area contributed by atoms with Crippen LogP contribution in [0.3, 0.4) is 0 Å². The number of pyridine rings is 1. The number of amides is 1. The van der Waals surface area contributed by atoms with E-state index in [2.05, 4.69) is 17.2 Å². The van der Waals surface area contributed by atoms with Gasteiger partial charge in [-0.3, -0.25) is 4.79 Å². The van der Waals surface area contributed by atoms with Crippen molar-refractivity contribution in [3.8, 4) is 11.4 Å². The molecule has 0 saturated carbocycles. The number of fused-ring (bicyclic) bond motifs is 1. The fraction of sp³-hybridized carbons (Fsp3) is 0.278. The topological polar surface area (TPSA) is 58.1 Å². The van der Waals surface area contributed by atoms with E-state index >= 15 is 0 Å². The van der Waals surface area contributed by atoms with E-state index in [9.17, 15) is 4.79 Å². The predicted octanol–water partition coefficient (Wildman–Crippen LogP) is 3.48. The van der Waals surface area contributed by atoms with Crippen molar-refractivity contribution in [2.45, 2.75) is 13.8 Å². The summed E-state index contributed by atoms with van der Waals surface area (Å²) in [6, 6.07) is 6.06. The van der Waals surface area contributed by atoms with E-state index < -0.39 is 0 Å². The van der Waals surface area contributed by atoms with Crippen LogP contribution in [0, 0.1) is 13.8 Å². The van der Waals surface area contributed by atoms with Crippen LogP contribution in [0.1, 0.15) is 11.1 Å². The molecular formula is C18H20N4OS. The Hall–Kier alpha value is -2.31. The molecule has 2 aromatic heterocycles. The Balaban J connectivity index is 2.00. The fourth-order valence-corrected chi connectivity index (χ4v) is 3.17. The third kappa shape index (κ3) is 3.44. The Morgan fingerprint density at radius 1 is 1.17 bits per heavy atom. The molecule has 0 atom stereocenters. The Bertz CT molecular complexity index is 888. The largest absolute Gasteiger partial charge is 0.325 e. The molecule has 1 amide bonds. The second-order valence-electron chi connectivity index (χ2n) is 6.17. The molecule has 0 aliphatic carbocycles. The maximum absolute atomic E-state index is 12.0. The molecule has 1 aromatic carbocycles. The Labute approximate surface area is 145 Å². The molecule has 24 heavy (non-hydrogen) atoms. The van der Waals surface area contributed by atoms with Gasteiger partial charge in [-0.15, -0.1) is 11.3 Å². The molecule has 3 rings (SSSR count). The molecule has 0 spiro atoms. The number of nitrogens with zero attached hydrogens (tertiary/aromatic N) is 3. The van der Waals surface area contributed by atoms with E-state index in [1.165, 1.54) is 0 Å². The molecule has 5 nitrogen and oxygen atoms in total. The highest BCUT2D eigenvalue weighted by Crippen LogP contribution is 2.28. The van der Waals surface area contributed by atoms with Crippen molar-refractivity contribution in [3.05, 3.63) is 40.2 Å². The van der Waals surface area contributed by atoms with Gasteiger partial charge in [0.1, 0.15) is 0 Å². The number of aryl methyl sites for hydroxylation is 2. The average molecular weight is 340 g/mol. The number of hydrogen-bond acceptors (Lipinski definition) is 5. The monoisotopic (exact) mass is 340 g/mol. The normalized spacial score (nSPS) is 11.2. The highest BCUT2D eigenvalue weighted by Gasteiger charge is 2.11. The molecule has 0 radical (unpaired) electrons. The number of hydrogen-bond donors (Lipinski definition) is 1. The first-order valence-corrected chi connectivity index (χ1v) is 8.63. The Morgan fingerprint density at radius 3 is 2.62 bits per heavy atom. The standard InChI is InChI=1S/C18H20N4OS/c1-11-5-16(17-9-24-10-19-17)20-15-6-12(2)14(7-13(11)15)21-18(23)8-22(3)4/h5-7,9-10H,8H2,1-4H3,(H,21,23). The van der Waals surface area contributed by atoms with E-state index in [1.807, 2.05) is 55.0 Å². The van der Waals surface area contributed by atoms with Crippen LogP contribution in [0.4, 0.5) is 5.69 Å². The van der Waals surface area contributed by atoms with Crippen LogP contribution in [0.25, 0.3) is 22.3 Å². The van der Waals surface area contributed by atoms with Gasteiger partial charge in [0.05, 0.1) is 29.0 Å². The molecule has 2 heterocycles. The van der Waals surface area contributed by atoms with Crippen LogP contribution in [0.15, 0.2) is 29.1 Å². The van der Waals surface area contributed by atoms with Gasteiger partial charge in [0.25, 0.3) is 0 Å². The summed E-state index contributed by atoms with van der Waals surface area (Å²) in [5.41, 5.74) is 7.45. The van der Waals surface area contributed by atoms with E-state index in [4.69, 9.17) is 4.98 Å². The minimum absolute atomic E-state index is 0.0212. The molecule has 0 aliphatic heterocycles. The number of anilines is 1. The third-order valence-corrected chi connectivity index (χ3v) is 4.38. The van der Waals surface area contributed by atoms with E-state index in [0.29, 0.717) is 6.54 Å². The summed E-state index contributed by atoms with van der Waals surface area (Å²) in [4.78, 5) is 22.9. The van der Waals surface area contributed by atoms with E-state index in [1.54, 1.807) is 11.3 Å². The SMILES string of the molecule is Cc1cc2nc(-c3cscn3)cc(C)c2cc1NC(=O)CN(C)C. The van der Waals surface area contributed by atoms with Crippen LogP contribution in [0.5, 0.6) is 0 Å². The van der Waals surface area contributed by atoms with Gasteiger partial charge in [-0.2, -0.15) is 0 Å². The van der Waals surface area contributed by atoms with Gasteiger partial charge >= 0.3 is 0 Å². The lowest BCUT2D eigenvalue weighted by Gasteiger charge is -2.14. The van der Waals surface area contributed by atoms with Gasteiger partial charge in [0.2, 0.25) is 5.91 Å². The Kier molecular flexibility index (Phi) is 4.59. The molecule has 0 aliphatic rings. The van der Waals surface area contributed by atoms with Crippen molar-refractivity contribution < 1.29 is 4.79 Å². The van der Waals surface area contributed by atoms with Gasteiger partial charge in [-0.1, -0.05) is 0 Å². The van der Waals surface area contributed by atoms with Crippen molar-refractivity contribution in [3.63, 3.8) is 0 Å². The molecule has 0 unspecified atom stereocenters. The second-order valence-corrected chi connectivity index (χ2v) is 6.89. The lowest BCUT2D eigenvalue weighted by Crippen LogP contribution is -2.27. The smallest absolute Gasteiger partial charge is 0.238 e. The number of nitrogens with one attached hydrogen (secondary N) is 1. The average Bonchev–Trinajstić information content (AvgIpc) is 3.02. The summed E-state index contributed by atoms with van der Waals surface area (Å²) < 4.78 is 0. The van der Waals surface area contributed by atoms with Gasteiger partial charge in [-0.05, 0) is 57.3 Å². The van der Waals surface area contributed by atoms with Crippen LogP contribution in [0.2, 0.25) is 0 Å². The molecular weight excluding hydrogens is 320 g/mol. The summed E-state index contributed by atoms with van der Waals surface area (Å²) in [5, 5.41) is 6.02. The van der Waals surface area contributed by atoms with Crippen molar-refractivity contribution in [1.29, 1.82) is 0 Å². The van der Waals surface area contributed by atoms with Crippen LogP contribution < -0.4 is 5.32 Å². The third-order valence-electron chi connectivity index (χ3n) is 3.79. The number of benzene rings is 1. The molecule has 3 aromatic rings. The van der Waals surface area contributed by atoms with Crippen LogP contribution in [-0.4, -0.2) is 41.4 Å². The predicted molar refractivity (Wildman–Crippen MR) is 99.5 cm³/mol. The van der Waals surface area contributed by atoms with Crippen molar-refractivity contribution in [2.75, 3.05) is 26.0 Å². The molecule has 6 heteroatoms. The molecule has 0 saturated heterocycles. The van der Waals surface area contributed by atoms with Crippen molar-refractivity contribution >= 4 is 33.8 Å². The second kappa shape index (κ2) is 6.67. The highest BCUT2D eigenvalue weighted by molar-refractivity contribution is 7.07. The first-order chi connectivity index (χ1) is 11.4. The number of carbonyl (C=O) groups excluding carboxylic acids is 1. The minimum atomic E-state index is -0.0212. The van der Waals surface area contributed by atoms with E-state index in [0.717, 1.165) is 39.1 Å². The summed E-state index contributed by atoms with van der Waals surface area (Å²) in [6.45, 7) is 4.40. The number of aromatic nitrogens is 2. The summed E-state index contributed by atoms with van der Waals surface area (Å²) in [5.74, 6) is -0.0212. The van der Waals surface area contributed by atoms with Gasteiger partial charge in [0.15, 0.2) is 0 Å². The van der Waals surface area contributed by atoms with E-state index in [-0.39, 0.29) is 5.91 Å². The number of rotatable bonds is 4. The first kappa shape index (κ1) is 16.5. The zero-order chi connectivity index (χ0) is 17.3. The fourth-order valence-electron chi connectivity index (χ4n) is 2.63. The lowest BCUT2D eigenvalue weighted by molar-refractivity contribution is -0.116. The lowest BCUT2D eigenvalue weighted by atomic mass is 10.0. The van der Waals surface area contributed by atoms with Crippen LogP contribution >= 0.6 is 11.3 Å². The summed E-state index contributed by atoms with van der Waals surface area (Å²) >= 11 is 1.56. The molecule has 1 N–H and O–H groups in total. The zero-order valence-electron chi connectivity index (χ0n) is 14.3. The Morgan fingerprint density at radius 2 is 1.96 bits per heavy atom. The first-order valence-electron chi connectivity index (χ1n) is 7.69. The van der Waals surface area contributed by atoms with Gasteiger partial charge < -0.3 is 10.2 Å². The zero-order valence-corrected chi connectivity index (χ0v) is 15.1. The van der Waals surface area contributed by atoms with Gasteiger partial charge in [-0.25, -0.2) is 9.97 Å². The number of thiazole rings is 1. The summed E-state index contributed by atoms with van der Waals surface area (Å²) in [7, 11) is 3.75. The quantitative estimate of drug-likeness (QED) is 0.790. The van der Waals surface area contributed by atoms with Crippen molar-refractivity contribution in [2.24, 2.45) is 0 Å². The molecule has 0 bridgehead atoms. The maximum atomic E-state index is 12.0. The number of likely N-dealkylation sites (N-methyl/N-ethyl adjacent to an activating group) is 1. The minimum Gasteiger partial charge on any atom is -0.325 e. The number of carbonyl (C=O) groups is 1. The molecule has 124 valence electrons. The maximum Gasteiger partial charge on any atom is 0.238 e. The molecule has 0 fully saturated rings. The highest BCUT2D eigenvalue weighted by atomic mass is 32.1.